The molecule has 1 aliphatic rings. The number of nitrogens with zero attached hydrogens (tertiary/aromatic N) is 2. The van der Waals surface area contributed by atoms with Gasteiger partial charge >= 0.3 is 0 Å². The molecule has 5 heteroatoms. The Bertz CT molecular complexity index is 738. The van der Waals surface area contributed by atoms with Crippen molar-refractivity contribution in [2.24, 2.45) is 0 Å². The number of carbonyl (C=O) groups excluding carboxylic acids is 1. The Morgan fingerprint density at radius 1 is 1.27 bits per heavy atom. The molecule has 2 aromatic rings. The molecular weight excluding hydrogens is 348 g/mol. The number of hydrogen-bond acceptors (Lipinski definition) is 3. The number of aliphatic hydroxyl groups is 1. The van der Waals surface area contributed by atoms with Crippen molar-refractivity contribution < 1.29 is 9.90 Å². The van der Waals surface area contributed by atoms with E-state index in [1.807, 2.05) is 54.4 Å². The lowest BCUT2D eigenvalue weighted by atomic mass is 10.0. The minimum Gasteiger partial charge on any atom is -0.392 e. The summed E-state index contributed by atoms with van der Waals surface area (Å²) in [6.07, 6.45) is 0.851. The van der Waals surface area contributed by atoms with Gasteiger partial charge in [-0.05, 0) is 29.7 Å². The van der Waals surface area contributed by atoms with Crippen LogP contribution in [0.4, 0.5) is 0 Å². The maximum absolute atomic E-state index is 12.9. The normalized spacial score (nSPS) is 18.7. The molecule has 1 fully saturated rings. The maximum atomic E-state index is 12.9. The lowest BCUT2D eigenvalue weighted by molar-refractivity contribution is -0.131. The van der Waals surface area contributed by atoms with Crippen LogP contribution in [0.3, 0.4) is 0 Å². The third-order valence-corrected chi connectivity index (χ3v) is 5.20. The van der Waals surface area contributed by atoms with Gasteiger partial charge in [0.15, 0.2) is 0 Å². The highest BCUT2D eigenvalue weighted by Crippen LogP contribution is 2.24. The predicted octanol–water partition coefficient (Wildman–Crippen LogP) is 3.15. The fourth-order valence-electron chi connectivity index (χ4n) is 3.47. The van der Waals surface area contributed by atoms with Gasteiger partial charge in [0.05, 0.1) is 18.6 Å². The average molecular weight is 373 g/mol. The van der Waals surface area contributed by atoms with E-state index in [0.717, 1.165) is 30.6 Å². The van der Waals surface area contributed by atoms with Crippen molar-refractivity contribution in [2.45, 2.75) is 25.0 Å². The van der Waals surface area contributed by atoms with Crippen molar-refractivity contribution in [1.29, 1.82) is 0 Å². The van der Waals surface area contributed by atoms with Crippen LogP contribution in [0.5, 0.6) is 0 Å². The van der Waals surface area contributed by atoms with Gasteiger partial charge in [0.25, 0.3) is 0 Å². The highest BCUT2D eigenvalue weighted by atomic mass is 35.5. The van der Waals surface area contributed by atoms with E-state index >= 15 is 0 Å². The van der Waals surface area contributed by atoms with Crippen LogP contribution in [0.25, 0.3) is 0 Å². The molecule has 1 saturated heterocycles. The highest BCUT2D eigenvalue weighted by Gasteiger charge is 2.28. The van der Waals surface area contributed by atoms with E-state index < -0.39 is 0 Å². The number of hydrogen-bond donors (Lipinski definition) is 1. The van der Waals surface area contributed by atoms with Crippen molar-refractivity contribution in [3.63, 3.8) is 0 Å². The fraction of sp³-hybridized carbons (Fsp3) is 0.381. The number of rotatable bonds is 6. The van der Waals surface area contributed by atoms with E-state index in [2.05, 4.69) is 17.0 Å². The van der Waals surface area contributed by atoms with Gasteiger partial charge in [0.1, 0.15) is 0 Å². The Balaban J connectivity index is 1.75. The molecule has 0 bridgehead atoms. The van der Waals surface area contributed by atoms with E-state index in [1.54, 1.807) is 0 Å². The largest absolute Gasteiger partial charge is 0.392 e. The fourth-order valence-corrected chi connectivity index (χ4v) is 3.68. The van der Waals surface area contributed by atoms with Crippen LogP contribution in [0.2, 0.25) is 5.02 Å². The summed E-state index contributed by atoms with van der Waals surface area (Å²) in [6, 6.07) is 17.5. The predicted molar refractivity (Wildman–Crippen MR) is 104 cm³/mol. The zero-order chi connectivity index (χ0) is 18.5. The third kappa shape index (κ3) is 4.85. The molecule has 0 spiro atoms. The summed E-state index contributed by atoms with van der Waals surface area (Å²) in [7, 11) is 1.86. The number of amides is 1. The highest BCUT2D eigenvalue weighted by molar-refractivity contribution is 6.30. The Morgan fingerprint density at radius 3 is 2.69 bits per heavy atom. The van der Waals surface area contributed by atoms with Crippen LogP contribution in [0.1, 0.15) is 23.6 Å². The Labute approximate surface area is 160 Å². The monoisotopic (exact) mass is 372 g/mol. The lowest BCUT2D eigenvalue weighted by Gasteiger charge is -2.32. The number of benzene rings is 2. The second-order valence-corrected chi connectivity index (χ2v) is 7.38. The van der Waals surface area contributed by atoms with Gasteiger partial charge in [-0.2, -0.15) is 0 Å². The first-order chi connectivity index (χ1) is 12.5. The number of β-amino-alcohol motifs (C(OH)–C–C–N with tert-alkyl or cyclic N) is 1. The Hall–Kier alpha value is -1.88. The van der Waals surface area contributed by atoms with E-state index in [4.69, 9.17) is 11.6 Å². The molecule has 3 rings (SSSR count). The Morgan fingerprint density at radius 2 is 2.04 bits per heavy atom. The number of likely N-dealkylation sites (tertiary alicyclic amines) is 1. The summed E-state index contributed by atoms with van der Waals surface area (Å²) < 4.78 is 0. The first kappa shape index (κ1) is 18.9. The van der Waals surface area contributed by atoms with E-state index in [9.17, 15) is 9.90 Å². The molecule has 4 nitrogen and oxygen atoms in total. The van der Waals surface area contributed by atoms with Crippen LogP contribution in [-0.4, -0.2) is 53.6 Å². The molecule has 138 valence electrons. The zero-order valence-electron chi connectivity index (χ0n) is 15.0. The summed E-state index contributed by atoms with van der Waals surface area (Å²) in [5.41, 5.74) is 2.02. The molecule has 0 radical (unpaired) electrons. The minimum absolute atomic E-state index is 0.0480. The lowest BCUT2D eigenvalue weighted by Crippen LogP contribution is -2.39. The molecule has 1 amide bonds. The molecule has 2 atom stereocenters. The van der Waals surface area contributed by atoms with E-state index in [1.165, 1.54) is 0 Å². The summed E-state index contributed by atoms with van der Waals surface area (Å²) in [4.78, 5) is 16.9. The van der Waals surface area contributed by atoms with Gasteiger partial charge in [-0.15, -0.1) is 0 Å². The zero-order valence-corrected chi connectivity index (χ0v) is 15.8. The van der Waals surface area contributed by atoms with Gasteiger partial charge in [-0.3, -0.25) is 9.69 Å². The summed E-state index contributed by atoms with van der Waals surface area (Å²) in [5, 5.41) is 10.5. The summed E-state index contributed by atoms with van der Waals surface area (Å²) in [6.45, 7) is 2.25. The maximum Gasteiger partial charge on any atom is 0.227 e. The quantitative estimate of drug-likeness (QED) is 0.847. The Kier molecular flexibility index (Phi) is 6.30. The standard InChI is InChI=1S/C21H25ClN2O2/c1-23(21(26)13-16-6-5-9-18(22)12-16)20(17-7-3-2-4-8-17)15-24-11-10-19(25)14-24/h2-9,12,19-20,25H,10-11,13-15H2,1H3. The number of carbonyl (C=O) groups is 1. The summed E-state index contributed by atoms with van der Waals surface area (Å²) in [5.74, 6) is 0.0564. The van der Waals surface area contributed by atoms with Crippen LogP contribution in [-0.2, 0) is 11.2 Å². The summed E-state index contributed by atoms with van der Waals surface area (Å²) >= 11 is 6.04. The molecule has 26 heavy (non-hydrogen) atoms. The van der Waals surface area contributed by atoms with E-state index in [-0.39, 0.29) is 18.1 Å². The van der Waals surface area contributed by atoms with Crippen LogP contribution < -0.4 is 0 Å². The number of aliphatic hydroxyl groups excluding tert-OH is 1. The molecule has 0 aliphatic carbocycles. The van der Waals surface area contributed by atoms with Crippen molar-refractivity contribution in [1.82, 2.24) is 9.80 Å². The third-order valence-electron chi connectivity index (χ3n) is 4.97. The number of likely N-dealkylation sites (N-methyl/N-ethyl adjacent to an activating group) is 1. The molecule has 2 unspecified atom stereocenters. The molecule has 1 heterocycles. The van der Waals surface area contributed by atoms with Crippen molar-refractivity contribution >= 4 is 17.5 Å². The first-order valence-corrected chi connectivity index (χ1v) is 9.36. The van der Waals surface area contributed by atoms with Gasteiger partial charge < -0.3 is 10.0 Å². The molecule has 0 aromatic heterocycles. The molecule has 1 aliphatic heterocycles. The second kappa shape index (κ2) is 8.67. The number of halogens is 1. The smallest absolute Gasteiger partial charge is 0.227 e. The van der Waals surface area contributed by atoms with Gasteiger partial charge in [-0.25, -0.2) is 0 Å². The van der Waals surface area contributed by atoms with Gasteiger partial charge in [0, 0.05) is 31.7 Å². The van der Waals surface area contributed by atoms with Crippen molar-refractivity contribution in [3.8, 4) is 0 Å². The van der Waals surface area contributed by atoms with Gasteiger partial charge in [0.2, 0.25) is 5.91 Å². The minimum atomic E-state index is -0.265. The van der Waals surface area contributed by atoms with Crippen molar-refractivity contribution in [2.75, 3.05) is 26.7 Å². The van der Waals surface area contributed by atoms with E-state index in [0.29, 0.717) is 18.0 Å². The average Bonchev–Trinajstić information content (AvgIpc) is 3.05. The second-order valence-electron chi connectivity index (χ2n) is 6.94. The van der Waals surface area contributed by atoms with Crippen LogP contribution >= 0.6 is 11.6 Å². The molecular formula is C21H25ClN2O2. The van der Waals surface area contributed by atoms with Gasteiger partial charge in [-0.1, -0.05) is 54.1 Å². The SMILES string of the molecule is CN(C(=O)Cc1cccc(Cl)c1)C(CN1CCC(O)C1)c1ccccc1. The molecule has 2 aromatic carbocycles. The molecule has 0 saturated carbocycles. The van der Waals surface area contributed by atoms with Crippen LogP contribution in [0.15, 0.2) is 54.6 Å². The van der Waals surface area contributed by atoms with Crippen molar-refractivity contribution in [3.05, 3.63) is 70.7 Å². The topological polar surface area (TPSA) is 43.8 Å². The first-order valence-electron chi connectivity index (χ1n) is 8.98. The molecule has 1 N–H and O–H groups in total. The van der Waals surface area contributed by atoms with Crippen LogP contribution in [0, 0.1) is 0 Å².